The van der Waals surface area contributed by atoms with Crippen molar-refractivity contribution in [1.29, 1.82) is 0 Å². The first-order valence-corrected chi connectivity index (χ1v) is 9.72. The van der Waals surface area contributed by atoms with Crippen LogP contribution in [0, 0.1) is 5.82 Å². The number of rotatable bonds is 6. The van der Waals surface area contributed by atoms with Gasteiger partial charge in [-0.3, -0.25) is 4.79 Å². The van der Waals surface area contributed by atoms with Crippen LogP contribution in [0.25, 0.3) is 5.69 Å². The van der Waals surface area contributed by atoms with Crippen molar-refractivity contribution in [2.45, 2.75) is 12.3 Å². The zero-order valence-corrected chi connectivity index (χ0v) is 17.6. The van der Waals surface area contributed by atoms with E-state index in [1.165, 1.54) is 38.2 Å². The van der Waals surface area contributed by atoms with E-state index in [4.69, 9.17) is 14.2 Å². The van der Waals surface area contributed by atoms with Crippen molar-refractivity contribution in [2.75, 3.05) is 26.6 Å². The van der Waals surface area contributed by atoms with Gasteiger partial charge < -0.3 is 29.2 Å². The number of para-hydroxylation sites is 1. The van der Waals surface area contributed by atoms with Crippen molar-refractivity contribution in [3.63, 3.8) is 0 Å². The second-order valence-corrected chi connectivity index (χ2v) is 7.19. The van der Waals surface area contributed by atoms with Gasteiger partial charge in [0.05, 0.1) is 38.4 Å². The zero-order valence-electron chi connectivity index (χ0n) is 17.6. The molecule has 0 aliphatic carbocycles. The summed E-state index contributed by atoms with van der Waals surface area (Å²) in [5.41, 5.74) is 1.25. The van der Waals surface area contributed by atoms with Crippen LogP contribution in [0.15, 0.2) is 42.6 Å². The van der Waals surface area contributed by atoms with Gasteiger partial charge in [0.1, 0.15) is 11.4 Å². The van der Waals surface area contributed by atoms with Gasteiger partial charge >= 0.3 is 5.97 Å². The highest BCUT2D eigenvalue weighted by Crippen LogP contribution is 2.46. The summed E-state index contributed by atoms with van der Waals surface area (Å²) >= 11 is 0. The lowest BCUT2D eigenvalue weighted by atomic mass is 9.87. The van der Waals surface area contributed by atoms with E-state index in [0.717, 1.165) is 0 Å². The van der Waals surface area contributed by atoms with Crippen molar-refractivity contribution < 1.29 is 33.3 Å². The summed E-state index contributed by atoms with van der Waals surface area (Å²) in [6.45, 7) is 0. The lowest BCUT2D eigenvalue weighted by Crippen LogP contribution is -2.25. The molecule has 1 atom stereocenters. The number of fused-ring (bicyclic) bond motifs is 1. The van der Waals surface area contributed by atoms with E-state index in [1.54, 1.807) is 30.3 Å². The maximum absolute atomic E-state index is 14.7. The second-order valence-electron chi connectivity index (χ2n) is 7.19. The first-order valence-electron chi connectivity index (χ1n) is 9.72. The highest BCUT2D eigenvalue weighted by atomic mass is 19.1. The fraction of sp³-hybridized carbons (Fsp3) is 0.217. The SMILES string of the molecule is COc1cc([C@H]2CC(=O)Nc3c(C(=O)O)cn(-c4ccccc4F)c32)cc(OC)c1OC. The molecule has 2 N–H and O–H groups in total. The van der Waals surface area contributed by atoms with Crippen LogP contribution in [-0.4, -0.2) is 42.9 Å². The molecule has 1 aromatic heterocycles. The number of halogens is 1. The van der Waals surface area contributed by atoms with Gasteiger partial charge in [0.2, 0.25) is 11.7 Å². The number of methoxy groups -OCH3 is 3. The van der Waals surface area contributed by atoms with Gasteiger partial charge in [-0.15, -0.1) is 0 Å². The summed E-state index contributed by atoms with van der Waals surface area (Å²) in [5.74, 6) is -1.56. The Labute approximate surface area is 183 Å². The number of hydrogen-bond donors (Lipinski definition) is 2. The van der Waals surface area contributed by atoms with E-state index in [2.05, 4.69) is 5.32 Å². The van der Waals surface area contributed by atoms with Gasteiger partial charge in [-0.1, -0.05) is 12.1 Å². The molecule has 32 heavy (non-hydrogen) atoms. The minimum absolute atomic E-state index is 0.0170. The number of aromatic carboxylic acids is 1. The van der Waals surface area contributed by atoms with Crippen molar-refractivity contribution in [3.8, 4) is 22.9 Å². The quantitative estimate of drug-likeness (QED) is 0.605. The Morgan fingerprint density at radius 2 is 1.78 bits per heavy atom. The third kappa shape index (κ3) is 3.41. The molecule has 1 aliphatic heterocycles. The van der Waals surface area contributed by atoms with Crippen molar-refractivity contribution in [2.24, 2.45) is 0 Å². The fourth-order valence-electron chi connectivity index (χ4n) is 4.05. The second kappa shape index (κ2) is 8.26. The highest BCUT2D eigenvalue weighted by Gasteiger charge is 2.35. The Morgan fingerprint density at radius 3 is 2.34 bits per heavy atom. The minimum atomic E-state index is -1.23. The lowest BCUT2D eigenvalue weighted by Gasteiger charge is -2.27. The first kappa shape index (κ1) is 21.2. The summed E-state index contributed by atoms with van der Waals surface area (Å²) in [7, 11) is 4.43. The molecular weight excluding hydrogens is 419 g/mol. The van der Waals surface area contributed by atoms with E-state index in [0.29, 0.717) is 28.5 Å². The molecule has 9 heteroatoms. The van der Waals surface area contributed by atoms with E-state index >= 15 is 0 Å². The van der Waals surface area contributed by atoms with Gasteiger partial charge in [0.25, 0.3) is 0 Å². The average molecular weight is 440 g/mol. The molecule has 2 heterocycles. The fourth-order valence-corrected chi connectivity index (χ4v) is 4.05. The third-order valence-electron chi connectivity index (χ3n) is 5.46. The summed E-state index contributed by atoms with van der Waals surface area (Å²) in [4.78, 5) is 24.5. The van der Waals surface area contributed by atoms with Crippen LogP contribution in [0.1, 0.15) is 34.0 Å². The number of hydrogen-bond acceptors (Lipinski definition) is 5. The number of amides is 1. The smallest absolute Gasteiger partial charge is 0.339 e. The van der Waals surface area contributed by atoms with E-state index in [-0.39, 0.29) is 29.3 Å². The molecule has 3 aromatic rings. The average Bonchev–Trinajstić information content (AvgIpc) is 3.17. The molecule has 0 unspecified atom stereocenters. The summed E-state index contributed by atoms with van der Waals surface area (Å²) in [6, 6.07) is 9.44. The van der Waals surface area contributed by atoms with Gasteiger partial charge in [-0.25, -0.2) is 9.18 Å². The molecule has 0 bridgehead atoms. The van der Waals surface area contributed by atoms with Crippen LogP contribution >= 0.6 is 0 Å². The van der Waals surface area contributed by atoms with Gasteiger partial charge in [-0.05, 0) is 29.8 Å². The molecule has 0 radical (unpaired) electrons. The topological polar surface area (TPSA) is 99.0 Å². The van der Waals surface area contributed by atoms with Crippen LogP contribution in [0.4, 0.5) is 10.1 Å². The van der Waals surface area contributed by atoms with Crippen LogP contribution in [0.2, 0.25) is 0 Å². The van der Waals surface area contributed by atoms with Crippen molar-refractivity contribution >= 4 is 17.6 Å². The molecule has 0 saturated heterocycles. The standard InChI is InChI=1S/C23H21FN2O6/c1-30-17-8-12(9-18(31-2)22(17)32-3)13-10-19(27)25-20-14(23(28)29)11-26(21(13)20)16-7-5-4-6-15(16)24/h4-9,11,13H,10H2,1-3H3,(H,25,27)(H,28,29)/t13-/m1/s1. The molecule has 0 spiro atoms. The third-order valence-corrected chi connectivity index (χ3v) is 5.46. The normalized spacial score (nSPS) is 15.0. The molecule has 8 nitrogen and oxygen atoms in total. The van der Waals surface area contributed by atoms with Crippen molar-refractivity contribution in [3.05, 3.63) is 65.2 Å². The number of carboxylic acids is 1. The number of benzene rings is 2. The Morgan fingerprint density at radius 1 is 1.12 bits per heavy atom. The molecular formula is C23H21FN2O6. The highest BCUT2D eigenvalue weighted by molar-refractivity contribution is 6.04. The molecule has 0 saturated carbocycles. The zero-order chi connectivity index (χ0) is 23.0. The Hall–Kier alpha value is -4.01. The number of aromatic nitrogens is 1. The van der Waals surface area contributed by atoms with Gasteiger partial charge in [0.15, 0.2) is 11.5 Å². The number of carbonyl (C=O) groups excluding carboxylic acids is 1. The number of carboxylic acid groups (broad SMARTS) is 1. The molecule has 1 amide bonds. The predicted octanol–water partition coefficient (Wildman–Crippen LogP) is 3.81. The minimum Gasteiger partial charge on any atom is -0.493 e. The maximum atomic E-state index is 14.7. The number of nitrogens with one attached hydrogen (secondary N) is 1. The molecule has 166 valence electrons. The molecule has 4 rings (SSSR count). The maximum Gasteiger partial charge on any atom is 0.339 e. The number of anilines is 1. The Balaban J connectivity index is 2.00. The number of carbonyl (C=O) groups is 2. The summed E-state index contributed by atoms with van der Waals surface area (Å²) in [5, 5.41) is 12.4. The van der Waals surface area contributed by atoms with E-state index in [9.17, 15) is 19.1 Å². The first-order chi connectivity index (χ1) is 15.4. The van der Waals surface area contributed by atoms with E-state index < -0.39 is 17.7 Å². The molecule has 1 aliphatic rings. The Kier molecular flexibility index (Phi) is 5.48. The summed E-state index contributed by atoms with van der Waals surface area (Å²) in [6.07, 6.45) is 1.34. The lowest BCUT2D eigenvalue weighted by molar-refractivity contribution is -0.116. The van der Waals surface area contributed by atoms with Crippen LogP contribution in [0.3, 0.4) is 0 Å². The predicted molar refractivity (Wildman–Crippen MR) is 114 cm³/mol. The molecule has 2 aromatic carbocycles. The van der Waals surface area contributed by atoms with Gasteiger partial charge in [-0.2, -0.15) is 0 Å². The molecule has 0 fully saturated rings. The van der Waals surface area contributed by atoms with E-state index in [1.807, 2.05) is 0 Å². The van der Waals surface area contributed by atoms with Crippen LogP contribution in [0.5, 0.6) is 17.2 Å². The Bertz CT molecular complexity index is 1190. The number of ether oxygens (including phenoxy) is 3. The van der Waals surface area contributed by atoms with Crippen LogP contribution < -0.4 is 19.5 Å². The monoisotopic (exact) mass is 440 g/mol. The van der Waals surface area contributed by atoms with Crippen molar-refractivity contribution in [1.82, 2.24) is 4.57 Å². The summed E-state index contributed by atoms with van der Waals surface area (Å²) < 4.78 is 32.4. The largest absolute Gasteiger partial charge is 0.493 e. The number of nitrogens with zero attached hydrogens (tertiary/aromatic N) is 1. The van der Waals surface area contributed by atoms with Gasteiger partial charge in [0, 0.05) is 18.5 Å². The van der Waals surface area contributed by atoms with Crippen LogP contribution in [-0.2, 0) is 4.79 Å².